The van der Waals surface area contributed by atoms with Crippen LogP contribution in [0.5, 0.6) is 5.75 Å². The van der Waals surface area contributed by atoms with Crippen molar-refractivity contribution in [1.29, 1.82) is 0 Å². The Hall–Kier alpha value is -2.28. The maximum absolute atomic E-state index is 13.3. The molecule has 1 aromatic heterocycles. The molecule has 0 spiro atoms. The molecule has 2 aliphatic heterocycles. The first-order valence-corrected chi connectivity index (χ1v) is 8.46. The van der Waals surface area contributed by atoms with Gasteiger partial charge in [0.05, 0.1) is 24.3 Å². The lowest BCUT2D eigenvalue weighted by molar-refractivity contribution is -0.0819. The first kappa shape index (κ1) is 17.5. The van der Waals surface area contributed by atoms with Crippen molar-refractivity contribution in [1.82, 2.24) is 9.47 Å². The molecule has 0 unspecified atom stereocenters. The van der Waals surface area contributed by atoms with E-state index in [1.54, 1.807) is 9.47 Å². The summed E-state index contributed by atoms with van der Waals surface area (Å²) in [6, 6.07) is 0. The summed E-state index contributed by atoms with van der Waals surface area (Å²) < 4.78 is 7.60. The number of carbonyl (C=O) groups excluding carboxylic acids is 1. The van der Waals surface area contributed by atoms with Gasteiger partial charge >= 0.3 is 0 Å². The second-order valence-electron chi connectivity index (χ2n) is 7.49. The molecule has 0 aliphatic carbocycles. The Morgan fingerprint density at radius 3 is 2.68 bits per heavy atom. The highest BCUT2D eigenvalue weighted by molar-refractivity contribution is 5.97. The van der Waals surface area contributed by atoms with Crippen LogP contribution in [-0.4, -0.2) is 38.4 Å². The number of aromatic nitrogens is 1. The van der Waals surface area contributed by atoms with Gasteiger partial charge in [-0.2, -0.15) is 0 Å². The maximum atomic E-state index is 13.3. The van der Waals surface area contributed by atoms with Crippen LogP contribution in [0.4, 0.5) is 0 Å². The summed E-state index contributed by atoms with van der Waals surface area (Å²) in [5.74, 6) is -0.797. The Balaban J connectivity index is 2.22. The molecule has 1 saturated heterocycles. The third-order valence-electron chi connectivity index (χ3n) is 5.80. The van der Waals surface area contributed by atoms with Gasteiger partial charge in [-0.1, -0.05) is 26.8 Å². The van der Waals surface area contributed by atoms with Gasteiger partial charge in [0.1, 0.15) is 0 Å². The van der Waals surface area contributed by atoms with Crippen LogP contribution in [0.1, 0.15) is 50.2 Å². The number of ether oxygens (including phenoxy) is 1. The Bertz CT molecular complexity index is 830. The van der Waals surface area contributed by atoms with Crippen LogP contribution >= 0.6 is 0 Å². The van der Waals surface area contributed by atoms with Gasteiger partial charge < -0.3 is 20.1 Å². The van der Waals surface area contributed by atoms with Gasteiger partial charge in [0, 0.05) is 11.9 Å². The molecule has 0 bridgehead atoms. The molecule has 136 valence electrons. The summed E-state index contributed by atoms with van der Waals surface area (Å²) in [5, 5.41) is 10.4. The minimum absolute atomic E-state index is 0.0208. The van der Waals surface area contributed by atoms with Crippen LogP contribution in [0.15, 0.2) is 17.6 Å². The number of rotatable bonds is 3. The van der Waals surface area contributed by atoms with Gasteiger partial charge in [0.25, 0.3) is 5.91 Å². The van der Waals surface area contributed by atoms with E-state index in [9.17, 15) is 14.7 Å². The molecule has 2 aliphatic rings. The first-order chi connectivity index (χ1) is 11.6. The van der Waals surface area contributed by atoms with Crippen molar-refractivity contribution >= 4 is 11.6 Å². The highest BCUT2D eigenvalue weighted by Crippen LogP contribution is 2.45. The second kappa shape index (κ2) is 5.36. The van der Waals surface area contributed by atoms with Crippen LogP contribution < -0.4 is 11.2 Å². The molecule has 7 heteroatoms. The smallest absolute Gasteiger partial charge is 0.277 e. The van der Waals surface area contributed by atoms with Crippen molar-refractivity contribution in [2.45, 2.75) is 51.9 Å². The topological polar surface area (TPSA) is 97.8 Å². The summed E-state index contributed by atoms with van der Waals surface area (Å²) in [7, 11) is 0. The van der Waals surface area contributed by atoms with E-state index in [1.807, 2.05) is 13.8 Å². The zero-order valence-electron chi connectivity index (χ0n) is 15.1. The molecular weight excluding hydrogens is 322 g/mol. The van der Waals surface area contributed by atoms with Crippen molar-refractivity contribution < 1.29 is 14.6 Å². The van der Waals surface area contributed by atoms with Crippen molar-refractivity contribution in [2.24, 2.45) is 11.7 Å². The van der Waals surface area contributed by atoms with Crippen LogP contribution in [0.2, 0.25) is 0 Å². The molecule has 25 heavy (non-hydrogen) atoms. The van der Waals surface area contributed by atoms with E-state index < -0.39 is 28.3 Å². The number of nitrogens with two attached hydrogens (primary N) is 1. The van der Waals surface area contributed by atoms with E-state index in [-0.39, 0.29) is 22.9 Å². The molecule has 0 saturated carbocycles. The van der Waals surface area contributed by atoms with Crippen LogP contribution in [0.25, 0.3) is 5.70 Å². The molecule has 1 aromatic rings. The standard InChI is InChI=1S/C18H25N3O4/c1-6-10(2)17(4)9-25-18(5)8-20-7-12(11(3)19)14(22)15(23)13(20)16(24)21(17)18/h7,10,23H,3,6,8-9,19H2,1-2,4-5H3/t10-,17+,18+/m0/s1. The van der Waals surface area contributed by atoms with Crippen LogP contribution in [0.3, 0.4) is 0 Å². The predicted molar refractivity (Wildman–Crippen MR) is 94.0 cm³/mol. The highest BCUT2D eigenvalue weighted by Gasteiger charge is 2.58. The fourth-order valence-electron chi connectivity index (χ4n) is 3.99. The summed E-state index contributed by atoms with van der Waals surface area (Å²) in [6.07, 6.45) is 2.35. The lowest BCUT2D eigenvalue weighted by Gasteiger charge is -2.47. The van der Waals surface area contributed by atoms with Gasteiger partial charge in [-0.25, -0.2) is 0 Å². The molecule has 3 rings (SSSR count). The highest BCUT2D eigenvalue weighted by atomic mass is 16.5. The van der Waals surface area contributed by atoms with E-state index >= 15 is 0 Å². The molecule has 3 atom stereocenters. The van der Waals surface area contributed by atoms with Crippen molar-refractivity contribution in [3.63, 3.8) is 0 Å². The number of amides is 1. The monoisotopic (exact) mass is 347 g/mol. The van der Waals surface area contributed by atoms with Crippen LogP contribution in [-0.2, 0) is 11.3 Å². The van der Waals surface area contributed by atoms with Gasteiger partial charge in [0.15, 0.2) is 17.2 Å². The Kier molecular flexibility index (Phi) is 3.76. The minimum atomic E-state index is -0.850. The average Bonchev–Trinajstić information content (AvgIpc) is 2.82. The second-order valence-corrected chi connectivity index (χ2v) is 7.49. The molecular formula is C18H25N3O4. The zero-order chi connectivity index (χ0) is 18.7. The van der Waals surface area contributed by atoms with Crippen molar-refractivity contribution in [3.05, 3.63) is 34.3 Å². The average molecular weight is 347 g/mol. The Labute approximate surface area is 146 Å². The number of aromatic hydroxyl groups is 1. The van der Waals surface area contributed by atoms with Gasteiger partial charge in [-0.05, 0) is 19.8 Å². The molecule has 7 nitrogen and oxygen atoms in total. The normalized spacial score (nSPS) is 29.3. The number of pyridine rings is 1. The fourth-order valence-corrected chi connectivity index (χ4v) is 3.99. The maximum Gasteiger partial charge on any atom is 0.277 e. The number of nitrogens with zero attached hydrogens (tertiary/aromatic N) is 2. The SMILES string of the molecule is C=C(N)c1cn2c(c(O)c1=O)C(=O)N1[C@@](C)(C2)OC[C@]1(C)[C@@H](C)CC. The molecule has 3 heterocycles. The Morgan fingerprint density at radius 2 is 2.12 bits per heavy atom. The molecule has 0 aromatic carbocycles. The van der Waals surface area contributed by atoms with Gasteiger partial charge in [-0.15, -0.1) is 0 Å². The van der Waals surface area contributed by atoms with Crippen molar-refractivity contribution in [2.75, 3.05) is 6.61 Å². The van der Waals surface area contributed by atoms with Crippen molar-refractivity contribution in [3.8, 4) is 5.75 Å². The van der Waals surface area contributed by atoms with E-state index in [0.29, 0.717) is 13.2 Å². The van der Waals surface area contributed by atoms with E-state index in [0.717, 1.165) is 6.42 Å². The largest absolute Gasteiger partial charge is 0.503 e. The van der Waals surface area contributed by atoms with Crippen LogP contribution in [0, 0.1) is 5.92 Å². The van der Waals surface area contributed by atoms with E-state index in [2.05, 4.69) is 20.4 Å². The predicted octanol–water partition coefficient (Wildman–Crippen LogP) is 1.49. The summed E-state index contributed by atoms with van der Waals surface area (Å²) in [4.78, 5) is 27.3. The summed E-state index contributed by atoms with van der Waals surface area (Å²) >= 11 is 0. The number of hydrogen-bond acceptors (Lipinski definition) is 5. The number of carbonyl (C=O) groups is 1. The lowest BCUT2D eigenvalue weighted by atomic mass is 9.83. The van der Waals surface area contributed by atoms with E-state index in [1.165, 1.54) is 6.20 Å². The molecule has 1 fully saturated rings. The number of fused-ring (bicyclic) bond motifs is 2. The quantitative estimate of drug-likeness (QED) is 0.863. The third kappa shape index (κ3) is 2.22. The summed E-state index contributed by atoms with van der Waals surface area (Å²) in [5.41, 5.74) is 3.73. The molecule has 1 amide bonds. The lowest BCUT2D eigenvalue weighted by Crippen LogP contribution is -2.62. The zero-order valence-corrected chi connectivity index (χ0v) is 15.1. The fraction of sp³-hybridized carbons (Fsp3) is 0.556. The van der Waals surface area contributed by atoms with Gasteiger partial charge in [0.2, 0.25) is 5.43 Å². The Morgan fingerprint density at radius 1 is 1.48 bits per heavy atom. The molecule has 0 radical (unpaired) electrons. The molecule has 3 N–H and O–H groups in total. The minimum Gasteiger partial charge on any atom is -0.503 e. The van der Waals surface area contributed by atoms with E-state index in [4.69, 9.17) is 10.5 Å². The number of hydrogen-bond donors (Lipinski definition) is 2. The van der Waals surface area contributed by atoms with Gasteiger partial charge in [-0.3, -0.25) is 14.5 Å². The summed E-state index contributed by atoms with van der Waals surface area (Å²) in [6.45, 7) is 12.3. The third-order valence-corrected chi connectivity index (χ3v) is 5.80. The first-order valence-electron chi connectivity index (χ1n) is 8.46.